The molecule has 0 saturated heterocycles. The van der Waals surface area contributed by atoms with Crippen molar-refractivity contribution in [2.45, 2.75) is 13.0 Å². The predicted molar refractivity (Wildman–Crippen MR) is 79.7 cm³/mol. The van der Waals surface area contributed by atoms with Crippen molar-refractivity contribution >= 4 is 5.69 Å². The lowest BCUT2D eigenvalue weighted by molar-refractivity contribution is 0.415. The van der Waals surface area contributed by atoms with Gasteiger partial charge in [-0.1, -0.05) is 0 Å². The van der Waals surface area contributed by atoms with Gasteiger partial charge >= 0.3 is 0 Å². The number of hydrogen-bond donors (Lipinski definition) is 1. The first kappa shape index (κ1) is 14.3. The Morgan fingerprint density at radius 1 is 1.15 bits per heavy atom. The molecule has 1 aromatic carbocycles. The highest BCUT2D eigenvalue weighted by atomic mass is 16.5. The molecule has 2 N–H and O–H groups in total. The molecule has 0 fully saturated rings. The van der Waals surface area contributed by atoms with E-state index in [4.69, 9.17) is 10.5 Å². The van der Waals surface area contributed by atoms with Crippen LogP contribution in [0.5, 0.6) is 5.75 Å². The van der Waals surface area contributed by atoms with E-state index in [0.29, 0.717) is 13.1 Å². The summed E-state index contributed by atoms with van der Waals surface area (Å²) in [5, 5.41) is 0. The second-order valence-electron chi connectivity index (χ2n) is 4.43. The summed E-state index contributed by atoms with van der Waals surface area (Å²) in [7, 11) is 1.67. The van der Waals surface area contributed by atoms with Crippen LogP contribution in [0.4, 0.5) is 5.69 Å². The van der Waals surface area contributed by atoms with Gasteiger partial charge in [0.15, 0.2) is 0 Å². The van der Waals surface area contributed by atoms with Gasteiger partial charge in [-0.15, -0.1) is 0 Å². The van der Waals surface area contributed by atoms with Gasteiger partial charge in [0, 0.05) is 24.6 Å². The van der Waals surface area contributed by atoms with Gasteiger partial charge in [-0.2, -0.15) is 0 Å². The molecule has 0 spiro atoms. The standard InChI is InChI=1S/C15H20N4O/c1-20-14-6-4-13(5-7-14)19(11-2-8-16)12-15-17-9-3-10-18-15/h3-7,9-10H,2,8,11-12,16H2,1H3. The Bertz CT molecular complexity index is 501. The molecule has 5 nitrogen and oxygen atoms in total. The molecular weight excluding hydrogens is 252 g/mol. The molecule has 1 aromatic heterocycles. The van der Waals surface area contributed by atoms with Gasteiger partial charge in [-0.25, -0.2) is 9.97 Å². The summed E-state index contributed by atoms with van der Waals surface area (Å²) >= 11 is 0. The Balaban J connectivity index is 2.13. The fourth-order valence-electron chi connectivity index (χ4n) is 1.96. The first-order valence-corrected chi connectivity index (χ1v) is 6.68. The lowest BCUT2D eigenvalue weighted by Gasteiger charge is -2.24. The number of anilines is 1. The van der Waals surface area contributed by atoms with E-state index >= 15 is 0 Å². The predicted octanol–water partition coefficient (Wildman–Crippen LogP) is 1.84. The molecule has 5 heteroatoms. The minimum Gasteiger partial charge on any atom is -0.497 e. The largest absolute Gasteiger partial charge is 0.497 e. The highest BCUT2D eigenvalue weighted by Gasteiger charge is 2.08. The zero-order valence-electron chi connectivity index (χ0n) is 11.7. The Hall–Kier alpha value is -2.14. The zero-order valence-corrected chi connectivity index (χ0v) is 11.7. The third-order valence-electron chi connectivity index (χ3n) is 3.02. The van der Waals surface area contributed by atoms with E-state index in [1.165, 1.54) is 0 Å². The van der Waals surface area contributed by atoms with E-state index < -0.39 is 0 Å². The highest BCUT2D eigenvalue weighted by Crippen LogP contribution is 2.20. The number of methoxy groups -OCH3 is 1. The molecule has 0 radical (unpaired) electrons. The van der Waals surface area contributed by atoms with Crippen molar-refractivity contribution in [3.63, 3.8) is 0 Å². The van der Waals surface area contributed by atoms with Crippen molar-refractivity contribution in [2.24, 2.45) is 5.73 Å². The number of nitrogens with zero attached hydrogens (tertiary/aromatic N) is 3. The number of rotatable bonds is 7. The van der Waals surface area contributed by atoms with Crippen LogP contribution < -0.4 is 15.4 Å². The number of nitrogens with two attached hydrogens (primary N) is 1. The molecule has 20 heavy (non-hydrogen) atoms. The molecule has 0 atom stereocenters. The zero-order chi connectivity index (χ0) is 14.2. The van der Waals surface area contributed by atoms with Crippen molar-refractivity contribution in [1.82, 2.24) is 9.97 Å². The quantitative estimate of drug-likeness (QED) is 0.833. The molecule has 1 heterocycles. The Morgan fingerprint density at radius 2 is 1.85 bits per heavy atom. The Morgan fingerprint density at radius 3 is 2.45 bits per heavy atom. The maximum Gasteiger partial charge on any atom is 0.147 e. The molecule has 2 aromatic rings. The fourth-order valence-corrected chi connectivity index (χ4v) is 1.96. The van der Waals surface area contributed by atoms with Crippen LogP contribution in [0.25, 0.3) is 0 Å². The maximum atomic E-state index is 5.62. The molecule has 0 aliphatic heterocycles. The Labute approximate surface area is 119 Å². The second-order valence-corrected chi connectivity index (χ2v) is 4.43. The van der Waals surface area contributed by atoms with Gasteiger partial charge in [-0.3, -0.25) is 0 Å². The van der Waals surface area contributed by atoms with Gasteiger partial charge in [0.05, 0.1) is 13.7 Å². The van der Waals surface area contributed by atoms with Gasteiger partial charge in [0.2, 0.25) is 0 Å². The Kier molecular flexibility index (Phi) is 5.32. The lowest BCUT2D eigenvalue weighted by atomic mass is 10.2. The van der Waals surface area contributed by atoms with E-state index in [0.717, 1.165) is 30.2 Å². The minimum atomic E-state index is 0.669. The number of aromatic nitrogens is 2. The molecule has 0 aliphatic rings. The third kappa shape index (κ3) is 3.93. The topological polar surface area (TPSA) is 64.3 Å². The molecule has 0 unspecified atom stereocenters. The average molecular weight is 272 g/mol. The van der Waals surface area contributed by atoms with Crippen LogP contribution in [-0.2, 0) is 6.54 Å². The van der Waals surface area contributed by atoms with Gasteiger partial charge in [-0.05, 0) is 43.3 Å². The van der Waals surface area contributed by atoms with Crippen LogP contribution in [-0.4, -0.2) is 30.2 Å². The van der Waals surface area contributed by atoms with Gasteiger partial charge in [0.1, 0.15) is 11.6 Å². The maximum absolute atomic E-state index is 5.62. The van der Waals surface area contributed by atoms with Gasteiger partial charge in [0.25, 0.3) is 0 Å². The fraction of sp³-hybridized carbons (Fsp3) is 0.333. The molecular formula is C15H20N4O. The van der Waals surface area contributed by atoms with Crippen LogP contribution >= 0.6 is 0 Å². The van der Waals surface area contributed by atoms with E-state index in [1.807, 2.05) is 30.3 Å². The molecule has 0 saturated carbocycles. The molecule has 2 rings (SSSR count). The third-order valence-corrected chi connectivity index (χ3v) is 3.02. The summed E-state index contributed by atoms with van der Waals surface area (Å²) in [4.78, 5) is 10.8. The van der Waals surface area contributed by atoms with Crippen LogP contribution in [0.3, 0.4) is 0 Å². The highest BCUT2D eigenvalue weighted by molar-refractivity contribution is 5.49. The van der Waals surface area contributed by atoms with E-state index in [-0.39, 0.29) is 0 Å². The molecule has 0 aliphatic carbocycles. The molecule has 0 bridgehead atoms. The monoisotopic (exact) mass is 272 g/mol. The van der Waals surface area contributed by atoms with Crippen LogP contribution in [0.1, 0.15) is 12.2 Å². The van der Waals surface area contributed by atoms with Crippen LogP contribution in [0.15, 0.2) is 42.7 Å². The lowest BCUT2D eigenvalue weighted by Crippen LogP contribution is -2.26. The summed E-state index contributed by atoms with van der Waals surface area (Å²) in [5.41, 5.74) is 6.73. The SMILES string of the molecule is COc1ccc(N(CCCN)Cc2ncccn2)cc1. The van der Waals surface area contributed by atoms with Crippen molar-refractivity contribution in [2.75, 3.05) is 25.1 Å². The smallest absolute Gasteiger partial charge is 0.147 e. The minimum absolute atomic E-state index is 0.669. The number of hydrogen-bond acceptors (Lipinski definition) is 5. The summed E-state index contributed by atoms with van der Waals surface area (Å²) in [5.74, 6) is 1.66. The van der Waals surface area contributed by atoms with Crippen molar-refractivity contribution in [3.05, 3.63) is 48.5 Å². The van der Waals surface area contributed by atoms with E-state index in [2.05, 4.69) is 14.9 Å². The van der Waals surface area contributed by atoms with Crippen molar-refractivity contribution < 1.29 is 4.74 Å². The van der Waals surface area contributed by atoms with Gasteiger partial charge < -0.3 is 15.4 Å². The second kappa shape index (κ2) is 7.45. The van der Waals surface area contributed by atoms with E-state index in [1.54, 1.807) is 19.5 Å². The van der Waals surface area contributed by atoms with Crippen molar-refractivity contribution in [1.29, 1.82) is 0 Å². The van der Waals surface area contributed by atoms with Crippen LogP contribution in [0.2, 0.25) is 0 Å². The summed E-state index contributed by atoms with van der Waals surface area (Å²) in [6.07, 6.45) is 4.45. The molecule has 106 valence electrons. The summed E-state index contributed by atoms with van der Waals surface area (Å²) in [6.45, 7) is 2.22. The summed E-state index contributed by atoms with van der Waals surface area (Å²) < 4.78 is 5.19. The first-order valence-electron chi connectivity index (χ1n) is 6.68. The molecule has 0 amide bonds. The van der Waals surface area contributed by atoms with Crippen molar-refractivity contribution in [3.8, 4) is 5.75 Å². The first-order chi connectivity index (χ1) is 9.83. The number of benzene rings is 1. The number of ether oxygens (including phenoxy) is 1. The average Bonchev–Trinajstić information content (AvgIpc) is 2.52. The van der Waals surface area contributed by atoms with Crippen LogP contribution in [0, 0.1) is 0 Å². The normalized spacial score (nSPS) is 10.3. The van der Waals surface area contributed by atoms with E-state index in [9.17, 15) is 0 Å². The summed E-state index contributed by atoms with van der Waals surface area (Å²) in [6, 6.07) is 9.81.